The van der Waals surface area contributed by atoms with Crippen LogP contribution in [-0.4, -0.2) is 61.7 Å². The van der Waals surface area contributed by atoms with E-state index >= 15 is 0 Å². The normalized spacial score (nSPS) is 13.8. The van der Waals surface area contributed by atoms with Gasteiger partial charge in [-0.05, 0) is 92.9 Å². The Balaban J connectivity index is 1.06. The monoisotopic (exact) mass is 632 g/mol. The number of hydrogen-bond donors (Lipinski definition) is 3. The molecule has 1 aliphatic rings. The van der Waals surface area contributed by atoms with Crippen molar-refractivity contribution >= 4 is 56.6 Å². The van der Waals surface area contributed by atoms with E-state index in [1.165, 1.54) is 11.9 Å². The SMILES string of the molecule is Cc1c(-c2nccc3cnc(Nc4ccc(NSc5ccc(N6CCOCC6)nc5)cc4)cc23)ccc2c1cnn2CC(C)(C)O. The summed E-state index contributed by atoms with van der Waals surface area (Å²) >= 11 is 1.53. The van der Waals surface area contributed by atoms with Crippen molar-refractivity contribution in [2.75, 3.05) is 41.2 Å². The van der Waals surface area contributed by atoms with Crippen LogP contribution in [0.15, 0.2) is 90.3 Å². The third-order valence-electron chi connectivity index (χ3n) is 8.04. The largest absolute Gasteiger partial charge is 0.389 e. The Morgan fingerprint density at radius 2 is 1.70 bits per heavy atom. The molecule has 0 amide bonds. The minimum Gasteiger partial charge on any atom is -0.389 e. The van der Waals surface area contributed by atoms with Gasteiger partial charge in [-0.1, -0.05) is 6.07 Å². The Labute approximate surface area is 272 Å². The molecule has 0 spiro atoms. The van der Waals surface area contributed by atoms with E-state index < -0.39 is 5.60 Å². The van der Waals surface area contributed by atoms with Crippen LogP contribution >= 0.6 is 11.9 Å². The highest BCUT2D eigenvalue weighted by molar-refractivity contribution is 8.00. The molecule has 10 nitrogen and oxygen atoms in total. The van der Waals surface area contributed by atoms with E-state index in [2.05, 4.69) is 67.3 Å². The fourth-order valence-corrected chi connectivity index (χ4v) is 6.30. The Hall–Kier alpha value is -4.71. The van der Waals surface area contributed by atoms with E-state index in [-0.39, 0.29) is 0 Å². The van der Waals surface area contributed by atoms with Crippen molar-refractivity contribution in [2.24, 2.45) is 0 Å². The molecule has 11 heteroatoms. The van der Waals surface area contributed by atoms with Gasteiger partial charge in [-0.15, -0.1) is 0 Å². The zero-order chi connectivity index (χ0) is 31.7. The summed E-state index contributed by atoms with van der Waals surface area (Å²) in [7, 11) is 0. The summed E-state index contributed by atoms with van der Waals surface area (Å²) < 4.78 is 10.7. The van der Waals surface area contributed by atoms with Crippen LogP contribution in [0.4, 0.5) is 23.0 Å². The lowest BCUT2D eigenvalue weighted by Gasteiger charge is -2.27. The second-order valence-electron chi connectivity index (χ2n) is 12.1. The number of ether oxygens (including phenoxy) is 1. The molecule has 234 valence electrons. The molecule has 2 aromatic carbocycles. The van der Waals surface area contributed by atoms with Gasteiger partial charge in [0.05, 0.1) is 42.8 Å². The molecule has 0 aliphatic carbocycles. The second-order valence-corrected chi connectivity index (χ2v) is 13.0. The molecule has 0 atom stereocenters. The molecule has 1 fully saturated rings. The summed E-state index contributed by atoms with van der Waals surface area (Å²) in [6, 6.07) is 20.5. The first-order valence-electron chi connectivity index (χ1n) is 15.3. The summed E-state index contributed by atoms with van der Waals surface area (Å²) in [6.07, 6.45) is 7.47. The van der Waals surface area contributed by atoms with Gasteiger partial charge >= 0.3 is 0 Å². The standard InChI is InChI=1S/C35H36N8O2S/c1-23-28(9-10-31-30(23)21-39-43(31)22-35(2,3)44)34-29-18-32(37-19-24(29)12-13-36-34)40-25-4-6-26(7-5-25)41-46-27-8-11-33(38-20-27)42-14-16-45-17-15-42/h4-13,18-21,41,44H,14-17,22H2,1-3H3,(H,37,40). The molecule has 46 heavy (non-hydrogen) atoms. The first-order valence-corrected chi connectivity index (χ1v) is 16.1. The molecule has 5 heterocycles. The van der Waals surface area contributed by atoms with Crippen LogP contribution < -0.4 is 14.9 Å². The molecule has 6 aromatic rings. The summed E-state index contributed by atoms with van der Waals surface area (Å²) in [6.45, 7) is 9.33. The number of aryl methyl sites for hydroxylation is 1. The van der Waals surface area contributed by atoms with E-state index in [1.807, 2.05) is 59.8 Å². The predicted octanol–water partition coefficient (Wildman–Crippen LogP) is 6.82. The minimum absolute atomic E-state index is 0.416. The van der Waals surface area contributed by atoms with Crippen molar-refractivity contribution in [2.45, 2.75) is 37.8 Å². The van der Waals surface area contributed by atoms with E-state index in [0.29, 0.717) is 6.54 Å². The summed E-state index contributed by atoms with van der Waals surface area (Å²) in [5, 5.41) is 21.4. The number of rotatable bonds is 9. The summed E-state index contributed by atoms with van der Waals surface area (Å²) in [4.78, 5) is 17.4. The average Bonchev–Trinajstić information content (AvgIpc) is 3.47. The quantitative estimate of drug-likeness (QED) is 0.147. The number of benzene rings is 2. The summed E-state index contributed by atoms with van der Waals surface area (Å²) in [5.41, 5.74) is 5.07. The molecule has 1 saturated heterocycles. The number of nitrogens with one attached hydrogen (secondary N) is 2. The van der Waals surface area contributed by atoms with Gasteiger partial charge in [-0.25, -0.2) is 9.97 Å². The van der Waals surface area contributed by atoms with Crippen molar-refractivity contribution in [1.29, 1.82) is 0 Å². The van der Waals surface area contributed by atoms with Crippen molar-refractivity contribution in [3.8, 4) is 11.3 Å². The number of nitrogens with zero attached hydrogens (tertiary/aromatic N) is 6. The highest BCUT2D eigenvalue weighted by Crippen LogP contribution is 2.34. The molecular formula is C35H36N8O2S. The highest BCUT2D eigenvalue weighted by atomic mass is 32.2. The maximum atomic E-state index is 10.3. The fraction of sp³-hybridized carbons (Fsp3) is 0.257. The van der Waals surface area contributed by atoms with E-state index in [9.17, 15) is 5.11 Å². The first kappa shape index (κ1) is 30.0. The minimum atomic E-state index is -0.858. The first-order chi connectivity index (χ1) is 22.3. The van der Waals surface area contributed by atoms with Crippen LogP contribution in [0.1, 0.15) is 19.4 Å². The third-order valence-corrected chi connectivity index (χ3v) is 8.85. The number of aromatic nitrogens is 5. The Kier molecular flexibility index (Phi) is 8.20. The Morgan fingerprint density at radius 1 is 0.891 bits per heavy atom. The van der Waals surface area contributed by atoms with Gasteiger partial charge in [0, 0.05) is 69.7 Å². The zero-order valence-electron chi connectivity index (χ0n) is 26.1. The molecule has 7 rings (SSSR count). The van der Waals surface area contributed by atoms with Crippen molar-refractivity contribution < 1.29 is 9.84 Å². The Morgan fingerprint density at radius 3 is 2.46 bits per heavy atom. The smallest absolute Gasteiger partial charge is 0.130 e. The number of pyridine rings is 3. The lowest BCUT2D eigenvalue weighted by molar-refractivity contribution is 0.0591. The lowest BCUT2D eigenvalue weighted by Crippen LogP contribution is -2.36. The molecule has 0 unspecified atom stereocenters. The Bertz CT molecular complexity index is 1980. The topological polar surface area (TPSA) is 113 Å². The number of morpholine rings is 1. The number of aliphatic hydroxyl groups is 1. The molecule has 0 radical (unpaired) electrons. The average molecular weight is 633 g/mol. The lowest BCUT2D eigenvalue weighted by atomic mass is 9.98. The van der Waals surface area contributed by atoms with Crippen LogP contribution in [0.3, 0.4) is 0 Å². The molecule has 3 N–H and O–H groups in total. The third kappa shape index (κ3) is 6.48. The zero-order valence-corrected chi connectivity index (χ0v) is 26.9. The van der Waals surface area contributed by atoms with Gasteiger partial charge in [0.2, 0.25) is 0 Å². The maximum absolute atomic E-state index is 10.3. The van der Waals surface area contributed by atoms with E-state index in [4.69, 9.17) is 9.72 Å². The molecule has 0 saturated carbocycles. The van der Waals surface area contributed by atoms with Gasteiger partial charge in [-0.2, -0.15) is 5.10 Å². The molecule has 1 aliphatic heterocycles. The molecular weight excluding hydrogens is 597 g/mol. The van der Waals surface area contributed by atoms with Crippen molar-refractivity contribution in [1.82, 2.24) is 24.7 Å². The number of hydrogen-bond acceptors (Lipinski definition) is 10. The summed E-state index contributed by atoms with van der Waals surface area (Å²) in [5.74, 6) is 1.72. The molecule has 0 bridgehead atoms. The van der Waals surface area contributed by atoms with Gasteiger partial charge in [-0.3, -0.25) is 9.67 Å². The van der Waals surface area contributed by atoms with Crippen LogP contribution in [0.25, 0.3) is 32.9 Å². The highest BCUT2D eigenvalue weighted by Gasteiger charge is 2.18. The van der Waals surface area contributed by atoms with Crippen LogP contribution in [0.5, 0.6) is 0 Å². The fourth-order valence-electron chi connectivity index (χ4n) is 5.69. The van der Waals surface area contributed by atoms with E-state index in [0.717, 1.165) is 92.7 Å². The van der Waals surface area contributed by atoms with Crippen molar-refractivity contribution in [3.05, 3.63) is 91.0 Å². The van der Waals surface area contributed by atoms with Crippen molar-refractivity contribution in [3.63, 3.8) is 0 Å². The molecule has 4 aromatic heterocycles. The van der Waals surface area contributed by atoms with Gasteiger partial charge < -0.3 is 24.8 Å². The van der Waals surface area contributed by atoms with Crippen LogP contribution in [0.2, 0.25) is 0 Å². The second kappa shape index (κ2) is 12.6. The van der Waals surface area contributed by atoms with Crippen LogP contribution in [-0.2, 0) is 11.3 Å². The van der Waals surface area contributed by atoms with Gasteiger partial charge in [0.1, 0.15) is 11.6 Å². The van der Waals surface area contributed by atoms with Gasteiger partial charge in [0.15, 0.2) is 0 Å². The predicted molar refractivity (Wildman–Crippen MR) is 186 cm³/mol. The number of fused-ring (bicyclic) bond motifs is 2. The number of anilines is 4. The maximum Gasteiger partial charge on any atom is 0.130 e. The van der Waals surface area contributed by atoms with Gasteiger partial charge in [0.25, 0.3) is 0 Å². The van der Waals surface area contributed by atoms with E-state index in [1.54, 1.807) is 13.8 Å². The van der Waals surface area contributed by atoms with Crippen LogP contribution in [0, 0.1) is 6.92 Å².